The maximum absolute atomic E-state index is 15.9. The Kier molecular flexibility index (Phi) is 18.0. The molecule has 0 radical (unpaired) electrons. The number of carbonyl (C=O) groups excluding carboxylic acids is 4. The van der Waals surface area contributed by atoms with Crippen LogP contribution in [0.2, 0.25) is 0 Å². The number of nitrogens with one attached hydrogen (secondary N) is 4. The average molecular weight is 1200 g/mol. The number of β-amino-alcohol motifs (C(OH)–C–C–N with tert-alkyl or cyclic N) is 1. The number of rotatable bonds is 18. The van der Waals surface area contributed by atoms with Crippen molar-refractivity contribution in [3.8, 4) is 21.6 Å². The van der Waals surface area contributed by atoms with Crippen LogP contribution in [0, 0.1) is 29.9 Å². The van der Waals surface area contributed by atoms with Crippen molar-refractivity contribution < 1.29 is 51.0 Å². The number of carbonyl (C=O) groups is 4. The average Bonchev–Trinajstić information content (AvgIpc) is 3.44. The van der Waals surface area contributed by atoms with Crippen molar-refractivity contribution in [3.63, 3.8) is 0 Å². The third kappa shape index (κ3) is 13.2. The summed E-state index contributed by atoms with van der Waals surface area (Å²) >= 11 is 1.57. The van der Waals surface area contributed by atoms with Gasteiger partial charge in [-0.25, -0.2) is 23.1 Å². The number of aryl methyl sites for hydroxylation is 1. The number of H-pyrrole nitrogens is 1. The lowest BCUT2D eigenvalue weighted by Gasteiger charge is -2.44. The van der Waals surface area contributed by atoms with Gasteiger partial charge in [-0.15, -0.1) is 11.3 Å². The molecular formula is C60H72F3N11O8S2. The van der Waals surface area contributed by atoms with E-state index in [-0.39, 0.29) is 68.5 Å². The second-order valence-corrected chi connectivity index (χ2v) is 26.2. The van der Waals surface area contributed by atoms with Crippen LogP contribution >= 0.6 is 11.3 Å². The number of benzene rings is 3. The molecule has 24 heteroatoms. The highest BCUT2D eigenvalue weighted by atomic mass is 32.2. The molecule has 4 aliphatic rings. The highest BCUT2D eigenvalue weighted by Gasteiger charge is 2.45. The number of piperazine rings is 1. The van der Waals surface area contributed by atoms with Gasteiger partial charge in [0.05, 0.1) is 58.7 Å². The topological polar surface area (TPSA) is 237 Å². The summed E-state index contributed by atoms with van der Waals surface area (Å²) in [5, 5.41) is 27.8. The van der Waals surface area contributed by atoms with E-state index in [1.54, 1.807) is 23.6 Å². The molecular weight excluding hydrogens is 1120 g/mol. The maximum atomic E-state index is 15.9. The molecule has 4 fully saturated rings. The fourth-order valence-corrected chi connectivity index (χ4v) is 14.0. The highest BCUT2D eigenvalue weighted by molar-refractivity contribution is 7.90. The predicted octanol–water partition coefficient (Wildman–Crippen LogP) is 6.44. The number of anilines is 2. The number of fused-ring (bicyclic) bond motifs is 1. The highest BCUT2D eigenvalue weighted by Crippen LogP contribution is 2.34. The molecule has 6 N–H and O–H groups in total. The number of amides is 3. The summed E-state index contributed by atoms with van der Waals surface area (Å²) in [5.74, 6) is -4.38. The molecule has 84 heavy (non-hydrogen) atoms. The Hall–Kier alpha value is -6.80. The largest absolute Gasteiger partial charge is 0.395 e. The van der Waals surface area contributed by atoms with Gasteiger partial charge in [-0.3, -0.25) is 33.7 Å². The monoisotopic (exact) mass is 1200 g/mol. The Labute approximate surface area is 490 Å². The molecule has 0 bridgehead atoms. The number of pyridine rings is 1. The third-order valence-electron chi connectivity index (χ3n) is 16.8. The number of likely N-dealkylation sites (tertiary alicyclic amines) is 2. The van der Waals surface area contributed by atoms with Crippen LogP contribution in [0.4, 0.5) is 24.5 Å². The minimum atomic E-state index is -4.39. The van der Waals surface area contributed by atoms with E-state index in [1.807, 2.05) is 93.4 Å². The number of aromatic nitrogens is 3. The molecule has 448 valence electrons. The Morgan fingerprint density at radius 2 is 1.61 bits per heavy atom. The van der Waals surface area contributed by atoms with Gasteiger partial charge in [-0.05, 0) is 105 Å². The van der Waals surface area contributed by atoms with E-state index >= 15 is 8.78 Å². The second kappa shape index (κ2) is 25.0. The quantitative estimate of drug-likeness (QED) is 0.0510. The first-order chi connectivity index (χ1) is 40.0. The van der Waals surface area contributed by atoms with Crippen molar-refractivity contribution in [1.82, 2.24) is 44.6 Å². The number of thiazole rings is 1. The van der Waals surface area contributed by atoms with E-state index in [0.29, 0.717) is 55.2 Å². The number of ketones is 1. The molecule has 3 amide bonds. The first-order valence-electron chi connectivity index (χ1n) is 28.5. The number of alkyl halides is 1. The van der Waals surface area contributed by atoms with E-state index in [1.165, 1.54) is 11.1 Å². The molecule has 0 spiro atoms. The molecule has 3 aromatic heterocycles. The molecule has 3 aromatic carbocycles. The molecule has 4 aliphatic heterocycles. The zero-order valence-corrected chi connectivity index (χ0v) is 49.3. The lowest BCUT2D eigenvalue weighted by atomic mass is 9.85. The minimum absolute atomic E-state index is 0.0143. The van der Waals surface area contributed by atoms with Gasteiger partial charge in [0.25, 0.3) is 0 Å². The van der Waals surface area contributed by atoms with Gasteiger partial charge in [0.2, 0.25) is 23.5 Å². The summed E-state index contributed by atoms with van der Waals surface area (Å²) in [6, 6.07) is 16.7. The number of aliphatic hydroxyl groups is 2. The molecule has 6 aromatic rings. The molecule has 4 saturated heterocycles. The first kappa shape index (κ1) is 60.3. The van der Waals surface area contributed by atoms with Crippen LogP contribution in [0.5, 0.6) is 0 Å². The van der Waals surface area contributed by atoms with Gasteiger partial charge in [0.15, 0.2) is 5.82 Å². The molecule has 0 aliphatic carbocycles. The van der Waals surface area contributed by atoms with Gasteiger partial charge in [0, 0.05) is 86.8 Å². The van der Waals surface area contributed by atoms with Crippen LogP contribution in [0.1, 0.15) is 86.6 Å². The van der Waals surface area contributed by atoms with Crippen LogP contribution in [0.3, 0.4) is 0 Å². The van der Waals surface area contributed by atoms with Crippen LogP contribution in [-0.4, -0.2) is 179 Å². The van der Waals surface area contributed by atoms with E-state index < -0.39 is 81.1 Å². The van der Waals surface area contributed by atoms with E-state index in [4.69, 9.17) is 0 Å². The summed E-state index contributed by atoms with van der Waals surface area (Å²) in [4.78, 5) is 76.6. The van der Waals surface area contributed by atoms with Crippen LogP contribution < -0.4 is 20.3 Å². The molecule has 0 saturated carbocycles. The van der Waals surface area contributed by atoms with Crippen molar-refractivity contribution in [2.24, 2.45) is 11.3 Å². The van der Waals surface area contributed by atoms with Crippen molar-refractivity contribution in [2.45, 2.75) is 96.7 Å². The molecule has 0 unspecified atom stereocenters. The van der Waals surface area contributed by atoms with Crippen LogP contribution in [0.15, 0.2) is 84.6 Å². The maximum Gasteiger partial charge on any atom is 0.301 e. The fourth-order valence-electron chi connectivity index (χ4n) is 11.9. The number of nitrogens with zero attached hydrogens (tertiary/aromatic N) is 7. The predicted molar refractivity (Wildman–Crippen MR) is 315 cm³/mol. The summed E-state index contributed by atoms with van der Waals surface area (Å²) < 4.78 is 73.5. The van der Waals surface area contributed by atoms with E-state index in [2.05, 4.69) is 40.3 Å². The van der Waals surface area contributed by atoms with Crippen LogP contribution in [-0.2, 0) is 24.6 Å². The van der Waals surface area contributed by atoms with Crippen LogP contribution in [0.25, 0.3) is 32.6 Å². The zero-order valence-electron chi connectivity index (χ0n) is 47.7. The van der Waals surface area contributed by atoms with Crippen molar-refractivity contribution >= 4 is 67.5 Å². The van der Waals surface area contributed by atoms with Gasteiger partial charge < -0.3 is 35.6 Å². The fraction of sp³-hybridized carbons (Fsp3) is 0.467. The van der Waals surface area contributed by atoms with Gasteiger partial charge >= 0.3 is 10.2 Å². The van der Waals surface area contributed by atoms with Gasteiger partial charge in [0.1, 0.15) is 29.7 Å². The number of aromatic amines is 1. The molecule has 6 atom stereocenters. The minimum Gasteiger partial charge on any atom is -0.395 e. The Bertz CT molecular complexity index is 3500. The first-order valence-corrected chi connectivity index (χ1v) is 30.8. The van der Waals surface area contributed by atoms with Gasteiger partial charge in [-0.2, -0.15) is 12.7 Å². The number of aliphatic hydroxyl groups excluding tert-OH is 2. The number of halogens is 3. The number of hydrogen-bond donors (Lipinski definition) is 6. The zero-order chi connectivity index (χ0) is 59.8. The van der Waals surface area contributed by atoms with E-state index in [0.717, 1.165) is 68.8 Å². The van der Waals surface area contributed by atoms with Gasteiger partial charge in [-0.1, -0.05) is 57.2 Å². The summed E-state index contributed by atoms with van der Waals surface area (Å²) in [6.45, 7) is 13.1. The SMILES string of the molecule is Cc1ncsc1-c1ccc([C@H](C)NC(=O)[C@@H]2C[C@@H](O)CN2C(=O)[C@@H](NC(=O)CN2CCC(CN3CCN(c4ccc(-c5cnc6[nH]cc(C(=O)c7c(F)ccc(NS(=O)(=O)N8CC[C@@H](F)C8)c7F)c6c5)cc4)C[C@H]3CO)CC2)C(C)(C)C)cc1. The Morgan fingerprint density at radius 3 is 2.27 bits per heavy atom. The summed E-state index contributed by atoms with van der Waals surface area (Å²) in [5.41, 5.74) is 4.90. The van der Waals surface area contributed by atoms with E-state index in [9.17, 15) is 42.2 Å². The Balaban J connectivity index is 0.701. The second-order valence-electron chi connectivity index (χ2n) is 23.7. The summed E-state index contributed by atoms with van der Waals surface area (Å²) in [7, 11) is -4.39. The molecule has 10 rings (SSSR count). The van der Waals surface area contributed by atoms with Crippen molar-refractivity contribution in [2.75, 3.05) is 81.7 Å². The molecule has 7 heterocycles. The smallest absolute Gasteiger partial charge is 0.301 e. The third-order valence-corrected chi connectivity index (χ3v) is 19.2. The molecule has 19 nitrogen and oxygen atoms in total. The normalized spacial score (nSPS) is 21.2. The van der Waals surface area contributed by atoms with Crippen molar-refractivity contribution in [3.05, 3.63) is 119 Å². The number of hydrogen-bond acceptors (Lipinski definition) is 14. The van der Waals surface area contributed by atoms with Crippen molar-refractivity contribution in [1.29, 1.82) is 0 Å². The Morgan fingerprint density at radius 1 is 0.881 bits per heavy atom. The standard InChI is InChI=1S/C60H72F3N11O8S2/c1-35(38-6-8-40(9-7-38)55-36(2)66-34-83-55)67-58(79)50-25-45(76)31-74(50)59(80)56(60(3,4)5)68-51(77)32-70-19-16-37(17-20-70)28-71-22-23-72(30-44(71)33-75)43-12-10-39(11-13-43)41-24-46-47(27-65-57(46)64-26-41)54(78)52-48(62)14-15-49(53(52)63)69-84(81,82)73-21-18-42(61)29-73/h6-15,24,26-27,34-35,37,42,44-45,50,56,69,75-76H,16-23,25,28-33H2,1-5H3,(H,64,65)(H,67,79)(H,68,77)/t35-,42+,44-,45+,50-,56+/m0/s1. The number of piperidine rings is 1. The lowest BCUT2D eigenvalue weighted by Crippen LogP contribution is -2.59. The summed E-state index contributed by atoms with van der Waals surface area (Å²) in [6.07, 6.45) is 2.40. The lowest BCUT2D eigenvalue weighted by molar-refractivity contribution is -0.144.